The van der Waals surface area contributed by atoms with Gasteiger partial charge in [0.25, 0.3) is 0 Å². The summed E-state index contributed by atoms with van der Waals surface area (Å²) in [7, 11) is 0. The van der Waals surface area contributed by atoms with Crippen molar-refractivity contribution in [3.05, 3.63) is 24.3 Å². The van der Waals surface area contributed by atoms with Crippen LogP contribution < -0.4 is 10.6 Å². The molecular weight excluding hydrogens is 262 g/mol. The first kappa shape index (κ1) is 15.7. The summed E-state index contributed by atoms with van der Waals surface area (Å²) in [6.45, 7) is 7.33. The van der Waals surface area contributed by atoms with E-state index in [1.165, 1.54) is 25.7 Å². The van der Waals surface area contributed by atoms with Gasteiger partial charge in [-0.2, -0.15) is 0 Å². The van der Waals surface area contributed by atoms with Crippen molar-refractivity contribution in [2.45, 2.75) is 52.5 Å². The van der Waals surface area contributed by atoms with E-state index in [0.29, 0.717) is 6.04 Å². The second-order valence-electron chi connectivity index (χ2n) is 7.02. The highest BCUT2D eigenvalue weighted by Gasteiger charge is 2.17. The summed E-state index contributed by atoms with van der Waals surface area (Å²) in [5.41, 5.74) is 1.10. The molecule has 0 atom stereocenters. The molecule has 0 aliphatic heterocycles. The van der Waals surface area contributed by atoms with Gasteiger partial charge in [-0.25, -0.2) is 0 Å². The first-order valence-corrected chi connectivity index (χ1v) is 7.79. The van der Waals surface area contributed by atoms with Gasteiger partial charge in [0.05, 0.1) is 0 Å². The SMILES string of the molecule is CC(C)(C)CN=C(Nc1ccc(O)cc1)NC1CCCC1. The number of phenols is 1. The Hall–Kier alpha value is -1.71. The number of aromatic hydroxyl groups is 1. The fourth-order valence-corrected chi connectivity index (χ4v) is 2.38. The van der Waals surface area contributed by atoms with Gasteiger partial charge in [0.1, 0.15) is 5.75 Å². The Morgan fingerprint density at radius 3 is 2.38 bits per heavy atom. The number of benzene rings is 1. The molecule has 1 aliphatic rings. The van der Waals surface area contributed by atoms with Crippen LogP contribution in [0.1, 0.15) is 46.5 Å². The van der Waals surface area contributed by atoms with E-state index in [1.807, 2.05) is 12.1 Å². The lowest BCUT2D eigenvalue weighted by Gasteiger charge is -2.20. The summed E-state index contributed by atoms with van der Waals surface area (Å²) in [5.74, 6) is 1.11. The normalized spacial score (nSPS) is 17.0. The van der Waals surface area contributed by atoms with E-state index in [2.05, 4.69) is 31.4 Å². The van der Waals surface area contributed by atoms with Crippen LogP contribution in [0.4, 0.5) is 5.69 Å². The minimum Gasteiger partial charge on any atom is -0.508 e. The molecule has 0 radical (unpaired) electrons. The number of rotatable bonds is 3. The Morgan fingerprint density at radius 1 is 1.19 bits per heavy atom. The summed E-state index contributed by atoms with van der Waals surface area (Å²) in [6, 6.07) is 7.60. The second-order valence-corrected chi connectivity index (χ2v) is 7.02. The Morgan fingerprint density at radius 2 is 1.81 bits per heavy atom. The van der Waals surface area contributed by atoms with E-state index in [9.17, 15) is 5.11 Å². The van der Waals surface area contributed by atoms with Crippen molar-refractivity contribution in [3.8, 4) is 5.75 Å². The molecule has 4 nitrogen and oxygen atoms in total. The van der Waals surface area contributed by atoms with Crippen LogP contribution in [-0.2, 0) is 0 Å². The van der Waals surface area contributed by atoms with Crippen LogP contribution in [-0.4, -0.2) is 23.7 Å². The maximum absolute atomic E-state index is 9.36. The minimum atomic E-state index is 0.166. The fourth-order valence-electron chi connectivity index (χ4n) is 2.38. The van der Waals surface area contributed by atoms with Crippen LogP contribution in [0.5, 0.6) is 5.75 Å². The van der Waals surface area contributed by atoms with E-state index in [1.54, 1.807) is 12.1 Å². The van der Waals surface area contributed by atoms with Gasteiger partial charge >= 0.3 is 0 Å². The molecule has 2 rings (SSSR count). The lowest BCUT2D eigenvalue weighted by atomic mass is 9.97. The van der Waals surface area contributed by atoms with Gasteiger partial charge in [0, 0.05) is 18.3 Å². The quantitative estimate of drug-likeness (QED) is 0.451. The molecule has 0 unspecified atom stereocenters. The van der Waals surface area contributed by atoms with Gasteiger partial charge in [-0.3, -0.25) is 4.99 Å². The number of anilines is 1. The molecule has 1 aliphatic carbocycles. The molecule has 1 aromatic carbocycles. The average Bonchev–Trinajstić information content (AvgIpc) is 2.91. The van der Waals surface area contributed by atoms with Crippen molar-refractivity contribution in [2.75, 3.05) is 11.9 Å². The Bertz CT molecular complexity index is 468. The lowest BCUT2D eigenvalue weighted by molar-refractivity contribution is 0.428. The number of aliphatic imine (C=N–C) groups is 1. The Kier molecular flexibility index (Phi) is 5.10. The van der Waals surface area contributed by atoms with Crippen LogP contribution >= 0.6 is 0 Å². The number of hydrogen-bond acceptors (Lipinski definition) is 2. The van der Waals surface area contributed by atoms with Gasteiger partial charge < -0.3 is 15.7 Å². The van der Waals surface area contributed by atoms with E-state index in [0.717, 1.165) is 18.2 Å². The van der Waals surface area contributed by atoms with Crippen LogP contribution in [0.15, 0.2) is 29.3 Å². The molecule has 116 valence electrons. The molecular formula is C17H27N3O. The number of nitrogens with zero attached hydrogens (tertiary/aromatic N) is 1. The number of guanidine groups is 1. The molecule has 0 aromatic heterocycles. The molecule has 0 saturated heterocycles. The maximum atomic E-state index is 9.36. The minimum absolute atomic E-state index is 0.166. The summed E-state index contributed by atoms with van der Waals surface area (Å²) in [4.78, 5) is 4.71. The Balaban J connectivity index is 2.04. The highest BCUT2D eigenvalue weighted by Crippen LogP contribution is 2.19. The standard InChI is InChI=1S/C17H27N3O/c1-17(2,3)12-18-16(19-13-6-4-5-7-13)20-14-8-10-15(21)11-9-14/h8-11,13,21H,4-7,12H2,1-3H3,(H2,18,19,20). The lowest BCUT2D eigenvalue weighted by Crippen LogP contribution is -2.38. The molecule has 0 spiro atoms. The molecule has 1 saturated carbocycles. The van der Waals surface area contributed by atoms with Crippen LogP contribution in [0.3, 0.4) is 0 Å². The third kappa shape index (κ3) is 5.66. The van der Waals surface area contributed by atoms with Crippen molar-refractivity contribution in [2.24, 2.45) is 10.4 Å². The van der Waals surface area contributed by atoms with E-state index >= 15 is 0 Å². The predicted molar refractivity (Wildman–Crippen MR) is 88.9 cm³/mol. The van der Waals surface area contributed by atoms with Gasteiger partial charge in [-0.1, -0.05) is 33.6 Å². The zero-order valence-electron chi connectivity index (χ0n) is 13.3. The molecule has 0 amide bonds. The van der Waals surface area contributed by atoms with Crippen molar-refractivity contribution < 1.29 is 5.11 Å². The fraction of sp³-hybridized carbons (Fsp3) is 0.588. The van der Waals surface area contributed by atoms with E-state index in [-0.39, 0.29) is 11.2 Å². The smallest absolute Gasteiger partial charge is 0.196 e. The summed E-state index contributed by atoms with van der Waals surface area (Å²) in [6.07, 6.45) is 5.02. The summed E-state index contributed by atoms with van der Waals surface area (Å²) < 4.78 is 0. The molecule has 3 N–H and O–H groups in total. The van der Waals surface area contributed by atoms with Gasteiger partial charge in [-0.15, -0.1) is 0 Å². The predicted octanol–water partition coefficient (Wildman–Crippen LogP) is 3.74. The first-order chi connectivity index (χ1) is 9.92. The first-order valence-electron chi connectivity index (χ1n) is 7.79. The van der Waals surface area contributed by atoms with Crippen LogP contribution in [0, 0.1) is 5.41 Å². The van der Waals surface area contributed by atoms with Gasteiger partial charge in [-0.05, 0) is 42.5 Å². The number of nitrogens with one attached hydrogen (secondary N) is 2. The number of hydrogen-bond donors (Lipinski definition) is 3. The zero-order valence-corrected chi connectivity index (χ0v) is 13.3. The third-order valence-corrected chi connectivity index (χ3v) is 3.54. The van der Waals surface area contributed by atoms with E-state index < -0.39 is 0 Å². The topological polar surface area (TPSA) is 56.7 Å². The molecule has 21 heavy (non-hydrogen) atoms. The van der Waals surface area contributed by atoms with E-state index in [4.69, 9.17) is 4.99 Å². The Labute approximate surface area is 127 Å². The van der Waals surface area contributed by atoms with Gasteiger partial charge in [0.15, 0.2) is 5.96 Å². The highest BCUT2D eigenvalue weighted by molar-refractivity contribution is 5.93. The second kappa shape index (κ2) is 6.83. The summed E-state index contributed by atoms with van der Waals surface area (Å²) in [5, 5.41) is 16.2. The average molecular weight is 289 g/mol. The van der Waals surface area contributed by atoms with Crippen molar-refractivity contribution in [1.29, 1.82) is 0 Å². The van der Waals surface area contributed by atoms with Crippen LogP contribution in [0.2, 0.25) is 0 Å². The molecule has 0 heterocycles. The summed E-state index contributed by atoms with van der Waals surface area (Å²) >= 11 is 0. The van der Waals surface area contributed by atoms with Crippen molar-refractivity contribution in [1.82, 2.24) is 5.32 Å². The molecule has 1 aromatic rings. The highest BCUT2D eigenvalue weighted by atomic mass is 16.3. The largest absolute Gasteiger partial charge is 0.508 e. The number of phenolic OH excluding ortho intramolecular Hbond substituents is 1. The van der Waals surface area contributed by atoms with Crippen LogP contribution in [0.25, 0.3) is 0 Å². The molecule has 4 heteroatoms. The van der Waals surface area contributed by atoms with Crippen molar-refractivity contribution in [3.63, 3.8) is 0 Å². The monoisotopic (exact) mass is 289 g/mol. The maximum Gasteiger partial charge on any atom is 0.196 e. The molecule has 0 bridgehead atoms. The van der Waals surface area contributed by atoms with Gasteiger partial charge in [0.2, 0.25) is 0 Å². The van der Waals surface area contributed by atoms with Crippen molar-refractivity contribution >= 4 is 11.6 Å². The molecule has 1 fully saturated rings. The zero-order chi connectivity index (χ0) is 15.3. The third-order valence-electron chi connectivity index (χ3n) is 3.54.